The molecule has 0 amide bonds. The minimum Gasteiger partial charge on any atom is -0.316 e. The summed E-state index contributed by atoms with van der Waals surface area (Å²) in [5.41, 5.74) is 1.42. The lowest BCUT2D eigenvalue weighted by Crippen LogP contribution is -2.25. The van der Waals surface area contributed by atoms with Crippen LogP contribution in [0.25, 0.3) is 10.8 Å². The average molecular weight is 284 g/mol. The van der Waals surface area contributed by atoms with Gasteiger partial charge in [-0.15, -0.1) is 0 Å². The molecular formula is C19H28N2. The van der Waals surface area contributed by atoms with Gasteiger partial charge in [0.25, 0.3) is 0 Å². The quantitative estimate of drug-likeness (QED) is 0.687. The van der Waals surface area contributed by atoms with E-state index in [2.05, 4.69) is 66.9 Å². The van der Waals surface area contributed by atoms with E-state index in [9.17, 15) is 0 Å². The lowest BCUT2D eigenvalue weighted by Gasteiger charge is -2.08. The third-order valence-corrected chi connectivity index (χ3v) is 3.66. The predicted molar refractivity (Wildman–Crippen MR) is 92.8 cm³/mol. The number of rotatable bonds is 9. The third-order valence-electron chi connectivity index (χ3n) is 3.66. The molecule has 0 atom stereocenters. The van der Waals surface area contributed by atoms with E-state index in [1.54, 1.807) is 0 Å². The molecule has 0 saturated heterocycles. The fourth-order valence-electron chi connectivity index (χ4n) is 2.48. The van der Waals surface area contributed by atoms with Gasteiger partial charge < -0.3 is 10.6 Å². The van der Waals surface area contributed by atoms with Crippen LogP contribution in [-0.4, -0.2) is 26.2 Å². The maximum absolute atomic E-state index is 3.53. The summed E-state index contributed by atoms with van der Waals surface area (Å²) < 4.78 is 0. The van der Waals surface area contributed by atoms with Crippen LogP contribution in [0.5, 0.6) is 0 Å². The fraction of sp³-hybridized carbons (Fsp3) is 0.474. The van der Waals surface area contributed by atoms with Gasteiger partial charge in [-0.05, 0) is 61.3 Å². The van der Waals surface area contributed by atoms with E-state index in [1.807, 2.05) is 0 Å². The van der Waals surface area contributed by atoms with E-state index < -0.39 is 0 Å². The largest absolute Gasteiger partial charge is 0.316 e. The Labute approximate surface area is 128 Å². The topological polar surface area (TPSA) is 24.1 Å². The van der Waals surface area contributed by atoms with Crippen LogP contribution in [0, 0.1) is 5.92 Å². The molecule has 0 aliphatic carbocycles. The molecule has 2 rings (SSSR count). The van der Waals surface area contributed by atoms with Gasteiger partial charge >= 0.3 is 0 Å². The first kappa shape index (κ1) is 16.0. The van der Waals surface area contributed by atoms with Crippen LogP contribution in [0.15, 0.2) is 42.5 Å². The molecular weight excluding hydrogens is 256 g/mol. The maximum Gasteiger partial charge on any atom is -0.000834 e. The zero-order valence-corrected chi connectivity index (χ0v) is 13.4. The van der Waals surface area contributed by atoms with Crippen molar-refractivity contribution in [3.63, 3.8) is 0 Å². The Kier molecular flexibility index (Phi) is 6.71. The van der Waals surface area contributed by atoms with Crippen molar-refractivity contribution in [1.82, 2.24) is 10.6 Å². The smallest absolute Gasteiger partial charge is 0.000834 e. The summed E-state index contributed by atoms with van der Waals surface area (Å²) >= 11 is 0. The van der Waals surface area contributed by atoms with Crippen LogP contribution in [0.1, 0.15) is 25.8 Å². The van der Waals surface area contributed by atoms with Crippen LogP contribution in [0.3, 0.4) is 0 Å². The normalized spacial score (nSPS) is 11.4. The molecule has 2 aromatic rings. The zero-order valence-electron chi connectivity index (χ0n) is 13.4. The molecule has 0 aliphatic rings. The molecule has 2 heteroatoms. The Hall–Kier alpha value is -1.38. The van der Waals surface area contributed by atoms with Crippen LogP contribution in [0.4, 0.5) is 0 Å². The summed E-state index contributed by atoms with van der Waals surface area (Å²) in [6, 6.07) is 15.3. The number of hydrogen-bond donors (Lipinski definition) is 2. The molecule has 114 valence electrons. The minimum atomic E-state index is 0.742. The molecule has 0 spiro atoms. The highest BCUT2D eigenvalue weighted by molar-refractivity contribution is 5.82. The molecule has 0 aliphatic heterocycles. The van der Waals surface area contributed by atoms with Crippen molar-refractivity contribution >= 4 is 10.8 Å². The lowest BCUT2D eigenvalue weighted by atomic mass is 10.1. The number of nitrogens with one attached hydrogen (secondary N) is 2. The van der Waals surface area contributed by atoms with Gasteiger partial charge in [-0.2, -0.15) is 0 Å². The van der Waals surface area contributed by atoms with Gasteiger partial charge in [0.05, 0.1) is 0 Å². The maximum atomic E-state index is 3.53. The van der Waals surface area contributed by atoms with Gasteiger partial charge in [0.15, 0.2) is 0 Å². The van der Waals surface area contributed by atoms with Crippen LogP contribution in [-0.2, 0) is 6.42 Å². The SMILES string of the molecule is CC(C)CNCCCNCCc1ccc2ccccc2c1. The monoisotopic (exact) mass is 284 g/mol. The van der Waals surface area contributed by atoms with E-state index in [0.717, 1.165) is 38.5 Å². The molecule has 21 heavy (non-hydrogen) atoms. The van der Waals surface area contributed by atoms with Crippen molar-refractivity contribution in [3.8, 4) is 0 Å². The van der Waals surface area contributed by atoms with Gasteiger partial charge in [-0.1, -0.05) is 56.3 Å². The second kappa shape index (κ2) is 8.81. The molecule has 0 radical (unpaired) electrons. The molecule has 2 nitrogen and oxygen atoms in total. The van der Waals surface area contributed by atoms with E-state index in [0.29, 0.717) is 0 Å². The highest BCUT2D eigenvalue weighted by Gasteiger charge is 1.97. The van der Waals surface area contributed by atoms with Gasteiger partial charge in [-0.3, -0.25) is 0 Å². The molecule has 2 N–H and O–H groups in total. The summed E-state index contributed by atoms with van der Waals surface area (Å²) in [6.07, 6.45) is 2.30. The molecule has 0 fully saturated rings. The highest BCUT2D eigenvalue weighted by Crippen LogP contribution is 2.15. The first-order valence-corrected chi connectivity index (χ1v) is 8.15. The second-order valence-electron chi connectivity index (χ2n) is 6.13. The summed E-state index contributed by atoms with van der Waals surface area (Å²) in [6.45, 7) is 8.88. The lowest BCUT2D eigenvalue weighted by molar-refractivity contribution is 0.531. The van der Waals surface area contributed by atoms with Gasteiger partial charge in [0.1, 0.15) is 0 Å². The van der Waals surface area contributed by atoms with Crippen LogP contribution >= 0.6 is 0 Å². The van der Waals surface area contributed by atoms with Crippen molar-refractivity contribution in [2.24, 2.45) is 5.92 Å². The summed E-state index contributed by atoms with van der Waals surface area (Å²) in [5, 5.41) is 9.67. The molecule has 2 aromatic carbocycles. The Morgan fingerprint density at radius 1 is 0.857 bits per heavy atom. The Morgan fingerprint density at radius 2 is 1.62 bits per heavy atom. The molecule has 0 bridgehead atoms. The summed E-state index contributed by atoms with van der Waals surface area (Å²) in [7, 11) is 0. The average Bonchev–Trinajstić information content (AvgIpc) is 2.49. The van der Waals surface area contributed by atoms with E-state index in [4.69, 9.17) is 0 Å². The summed E-state index contributed by atoms with van der Waals surface area (Å²) in [5.74, 6) is 0.742. The first-order valence-electron chi connectivity index (χ1n) is 8.15. The standard InChI is InChI=1S/C19H28N2/c1-16(2)15-21-12-5-11-20-13-10-17-8-9-18-6-3-4-7-19(18)14-17/h3-4,6-9,14,16,20-21H,5,10-13,15H2,1-2H3. The van der Waals surface area contributed by atoms with Crippen LogP contribution < -0.4 is 10.6 Å². The zero-order chi connectivity index (χ0) is 14.9. The van der Waals surface area contributed by atoms with E-state index >= 15 is 0 Å². The predicted octanol–water partition coefficient (Wildman–Crippen LogP) is 3.61. The van der Waals surface area contributed by atoms with Crippen molar-refractivity contribution in [1.29, 1.82) is 0 Å². The third kappa shape index (κ3) is 5.86. The molecule has 0 unspecified atom stereocenters. The summed E-state index contributed by atoms with van der Waals surface area (Å²) in [4.78, 5) is 0. The van der Waals surface area contributed by atoms with Crippen molar-refractivity contribution in [3.05, 3.63) is 48.0 Å². The first-order chi connectivity index (χ1) is 10.3. The fourth-order valence-corrected chi connectivity index (χ4v) is 2.48. The Balaban J connectivity index is 1.61. The number of fused-ring (bicyclic) bond motifs is 1. The van der Waals surface area contributed by atoms with Gasteiger partial charge in [0.2, 0.25) is 0 Å². The number of hydrogen-bond acceptors (Lipinski definition) is 2. The van der Waals surface area contributed by atoms with Gasteiger partial charge in [0, 0.05) is 0 Å². The van der Waals surface area contributed by atoms with Crippen molar-refractivity contribution < 1.29 is 0 Å². The Bertz CT molecular complexity index is 534. The van der Waals surface area contributed by atoms with Crippen LogP contribution in [0.2, 0.25) is 0 Å². The molecule has 0 aromatic heterocycles. The van der Waals surface area contributed by atoms with Crippen molar-refractivity contribution in [2.75, 3.05) is 26.2 Å². The molecule has 0 heterocycles. The minimum absolute atomic E-state index is 0.742. The van der Waals surface area contributed by atoms with Gasteiger partial charge in [-0.25, -0.2) is 0 Å². The highest BCUT2D eigenvalue weighted by atomic mass is 14.9. The Morgan fingerprint density at radius 3 is 2.43 bits per heavy atom. The van der Waals surface area contributed by atoms with E-state index in [-0.39, 0.29) is 0 Å². The van der Waals surface area contributed by atoms with Crippen molar-refractivity contribution in [2.45, 2.75) is 26.7 Å². The van der Waals surface area contributed by atoms with E-state index in [1.165, 1.54) is 22.8 Å². The number of benzene rings is 2. The molecule has 0 saturated carbocycles. The second-order valence-corrected chi connectivity index (χ2v) is 6.13.